The molecular weight excluding hydrogens is 212 g/mol. The van der Waals surface area contributed by atoms with Gasteiger partial charge in [-0.1, -0.05) is 6.58 Å². The summed E-state index contributed by atoms with van der Waals surface area (Å²) in [6.45, 7) is 7.55. The topological polar surface area (TPSA) is 26.3 Å². The van der Waals surface area contributed by atoms with Crippen LogP contribution in [0.3, 0.4) is 0 Å². The van der Waals surface area contributed by atoms with Gasteiger partial charge in [-0.2, -0.15) is 0 Å². The first-order valence-electron chi connectivity index (χ1n) is 6.73. The predicted molar refractivity (Wildman–Crippen MR) is 66.0 cm³/mol. The number of esters is 1. The fraction of sp³-hybridized carbons (Fsp3) is 0.733. The summed E-state index contributed by atoms with van der Waals surface area (Å²) in [5.74, 6) is 2.49. The monoisotopic (exact) mass is 233 g/mol. The summed E-state index contributed by atoms with van der Waals surface area (Å²) in [6, 6.07) is 0. The first-order valence-corrected chi connectivity index (χ1v) is 6.73. The van der Waals surface area contributed by atoms with Gasteiger partial charge in [-0.05, 0) is 45.4 Å². The van der Waals surface area contributed by atoms with Crippen LogP contribution in [-0.4, -0.2) is 11.6 Å². The minimum absolute atomic E-state index is 0.214. The standard InChI is InChI=1S/C15H21O2/c1-9(2)14(16)17-15(3)12-5-10-4-11(7-12)8-13(15)6-10/h5,10-13H,1,4,6-8H2,2-3H3/q+1. The first kappa shape index (κ1) is 11.2. The lowest BCUT2D eigenvalue weighted by Gasteiger charge is -2.53. The Balaban J connectivity index is 1.82. The third-order valence-corrected chi connectivity index (χ3v) is 5.14. The van der Waals surface area contributed by atoms with Crippen molar-refractivity contribution in [2.45, 2.75) is 45.1 Å². The van der Waals surface area contributed by atoms with Crippen molar-refractivity contribution in [3.05, 3.63) is 18.6 Å². The zero-order valence-electron chi connectivity index (χ0n) is 10.7. The van der Waals surface area contributed by atoms with Crippen LogP contribution in [-0.2, 0) is 9.53 Å². The number of ether oxygens (including phenoxy) is 1. The van der Waals surface area contributed by atoms with Crippen LogP contribution in [0.15, 0.2) is 12.2 Å². The van der Waals surface area contributed by atoms with Crippen molar-refractivity contribution in [2.24, 2.45) is 23.7 Å². The van der Waals surface area contributed by atoms with E-state index in [4.69, 9.17) is 4.74 Å². The van der Waals surface area contributed by atoms with Gasteiger partial charge < -0.3 is 4.74 Å². The van der Waals surface area contributed by atoms with Crippen molar-refractivity contribution in [3.63, 3.8) is 0 Å². The molecule has 0 aromatic rings. The Morgan fingerprint density at radius 1 is 1.35 bits per heavy atom. The number of carbonyl (C=O) groups excluding carboxylic acids is 1. The van der Waals surface area contributed by atoms with Crippen LogP contribution in [0.2, 0.25) is 0 Å². The molecule has 0 N–H and O–H groups in total. The van der Waals surface area contributed by atoms with Crippen LogP contribution in [0, 0.1) is 30.1 Å². The number of hydrogen-bond acceptors (Lipinski definition) is 2. The SMILES string of the molecule is C=C(C)C(=O)OC1(C)C2[CH+]C3CC(C2)CC1C3. The number of carbonyl (C=O) groups is 1. The van der Waals surface area contributed by atoms with Crippen LogP contribution in [0.5, 0.6) is 0 Å². The van der Waals surface area contributed by atoms with Gasteiger partial charge in [0.15, 0.2) is 5.60 Å². The van der Waals surface area contributed by atoms with E-state index >= 15 is 0 Å². The van der Waals surface area contributed by atoms with E-state index in [9.17, 15) is 4.79 Å². The molecule has 0 spiro atoms. The molecule has 0 saturated heterocycles. The van der Waals surface area contributed by atoms with Crippen molar-refractivity contribution < 1.29 is 9.53 Å². The lowest BCUT2D eigenvalue weighted by atomic mass is 9.50. The summed E-state index contributed by atoms with van der Waals surface area (Å²) in [4.78, 5) is 11.8. The Kier molecular flexibility index (Phi) is 2.33. The minimum Gasteiger partial charge on any atom is -0.451 e. The highest BCUT2D eigenvalue weighted by molar-refractivity contribution is 5.87. The molecule has 0 aromatic carbocycles. The van der Waals surface area contributed by atoms with Gasteiger partial charge in [0.25, 0.3) is 0 Å². The van der Waals surface area contributed by atoms with Gasteiger partial charge in [0.2, 0.25) is 0 Å². The van der Waals surface area contributed by atoms with Gasteiger partial charge in [0, 0.05) is 11.5 Å². The molecule has 92 valence electrons. The van der Waals surface area contributed by atoms with E-state index in [0.717, 1.165) is 11.8 Å². The zero-order valence-corrected chi connectivity index (χ0v) is 10.7. The Hall–Kier alpha value is -0.920. The van der Waals surface area contributed by atoms with Gasteiger partial charge in [-0.3, -0.25) is 0 Å². The molecule has 0 amide bonds. The van der Waals surface area contributed by atoms with E-state index in [1.165, 1.54) is 25.7 Å². The van der Waals surface area contributed by atoms with Gasteiger partial charge in [0.05, 0.1) is 12.3 Å². The second-order valence-electron chi connectivity index (χ2n) is 6.42. The summed E-state index contributed by atoms with van der Waals surface area (Å²) in [7, 11) is 0. The molecule has 4 rings (SSSR count). The summed E-state index contributed by atoms with van der Waals surface area (Å²) < 4.78 is 5.81. The lowest BCUT2D eigenvalue weighted by molar-refractivity contribution is -0.188. The van der Waals surface area contributed by atoms with Crippen LogP contribution in [0.25, 0.3) is 0 Å². The Bertz CT molecular complexity index is 341. The molecule has 17 heavy (non-hydrogen) atoms. The number of rotatable bonds is 2. The predicted octanol–water partition coefficient (Wildman–Crippen LogP) is 3.13. The average Bonchev–Trinajstić information content (AvgIpc) is 2.25. The Morgan fingerprint density at radius 2 is 2.12 bits per heavy atom. The fourth-order valence-corrected chi connectivity index (χ4v) is 4.24. The molecule has 0 aromatic heterocycles. The molecule has 5 atom stereocenters. The summed E-state index contributed by atoms with van der Waals surface area (Å²) >= 11 is 0. The van der Waals surface area contributed by atoms with E-state index in [1.54, 1.807) is 6.92 Å². The van der Waals surface area contributed by atoms with Crippen molar-refractivity contribution >= 4 is 5.97 Å². The largest absolute Gasteiger partial charge is 0.451 e. The van der Waals surface area contributed by atoms with Crippen LogP contribution < -0.4 is 0 Å². The highest BCUT2D eigenvalue weighted by atomic mass is 16.6. The maximum absolute atomic E-state index is 11.8. The molecule has 4 aliphatic rings. The van der Waals surface area contributed by atoms with Gasteiger partial charge in [-0.25, -0.2) is 4.79 Å². The minimum atomic E-state index is -0.260. The maximum atomic E-state index is 11.8. The van der Waals surface area contributed by atoms with Gasteiger partial charge in [0.1, 0.15) is 5.92 Å². The third-order valence-electron chi connectivity index (χ3n) is 5.14. The smallest absolute Gasteiger partial charge is 0.333 e. The highest BCUT2D eigenvalue weighted by Crippen LogP contribution is 2.59. The molecule has 4 bridgehead atoms. The first-order chi connectivity index (χ1) is 7.99. The van der Waals surface area contributed by atoms with Crippen LogP contribution >= 0.6 is 0 Å². The molecule has 2 heteroatoms. The van der Waals surface area contributed by atoms with Crippen molar-refractivity contribution in [3.8, 4) is 0 Å². The molecule has 0 heterocycles. The summed E-state index contributed by atoms with van der Waals surface area (Å²) in [5.41, 5.74) is 0.253. The maximum Gasteiger partial charge on any atom is 0.333 e. The number of hydrogen-bond donors (Lipinski definition) is 0. The normalized spacial score (nSPS) is 46.5. The molecule has 4 fully saturated rings. The molecule has 4 saturated carbocycles. The van der Waals surface area contributed by atoms with Crippen LogP contribution in [0.4, 0.5) is 0 Å². The quantitative estimate of drug-likeness (QED) is 0.416. The average molecular weight is 233 g/mol. The highest BCUT2D eigenvalue weighted by Gasteiger charge is 2.62. The molecular formula is C15H21O2+. The van der Waals surface area contributed by atoms with Crippen LogP contribution in [0.1, 0.15) is 39.5 Å². The van der Waals surface area contributed by atoms with Crippen molar-refractivity contribution in [2.75, 3.05) is 0 Å². The summed E-state index contributed by atoms with van der Waals surface area (Å²) in [6.07, 6.45) is 7.51. The molecule has 2 nitrogen and oxygen atoms in total. The molecule has 0 radical (unpaired) electrons. The fourth-order valence-electron chi connectivity index (χ4n) is 4.24. The summed E-state index contributed by atoms with van der Waals surface area (Å²) in [5, 5.41) is 0. The Labute approximate surface area is 103 Å². The zero-order chi connectivity index (χ0) is 12.2. The third kappa shape index (κ3) is 1.61. The van der Waals surface area contributed by atoms with Gasteiger partial charge in [-0.15, -0.1) is 0 Å². The Morgan fingerprint density at radius 3 is 2.71 bits per heavy atom. The molecule has 4 aliphatic carbocycles. The van der Waals surface area contributed by atoms with E-state index in [-0.39, 0.29) is 11.6 Å². The van der Waals surface area contributed by atoms with Crippen molar-refractivity contribution in [1.82, 2.24) is 0 Å². The second kappa shape index (κ2) is 3.54. The molecule has 5 unspecified atom stereocenters. The van der Waals surface area contributed by atoms with E-state index in [1.807, 2.05) is 0 Å². The van der Waals surface area contributed by atoms with E-state index < -0.39 is 0 Å². The lowest BCUT2D eigenvalue weighted by Crippen LogP contribution is -2.58. The van der Waals surface area contributed by atoms with E-state index in [0.29, 0.717) is 17.4 Å². The van der Waals surface area contributed by atoms with E-state index in [2.05, 4.69) is 19.9 Å². The van der Waals surface area contributed by atoms with Crippen molar-refractivity contribution in [1.29, 1.82) is 0 Å². The molecule has 0 aliphatic heterocycles. The second-order valence-corrected chi connectivity index (χ2v) is 6.42. The van der Waals surface area contributed by atoms with Gasteiger partial charge >= 0.3 is 5.97 Å².